The second kappa shape index (κ2) is 2.48. The summed E-state index contributed by atoms with van der Waals surface area (Å²) in [7, 11) is 0. The Morgan fingerprint density at radius 2 is 2.27 bits per heavy atom. The van der Waals surface area contributed by atoms with E-state index in [1.54, 1.807) is 0 Å². The number of carbonyl (C=O) groups is 1. The number of carboxylic acid groups (broad SMARTS) is 1. The fraction of sp³-hybridized carbons (Fsp3) is 0.875. The molecule has 1 saturated heterocycles. The van der Waals surface area contributed by atoms with Gasteiger partial charge in [0.1, 0.15) is 6.04 Å². The number of carboxylic acids is 1. The lowest BCUT2D eigenvalue weighted by atomic mass is 9.94. The molecule has 3 atom stereocenters. The molecular formula is C8H13NO2. The zero-order valence-corrected chi connectivity index (χ0v) is 6.42. The molecule has 0 aromatic heterocycles. The zero-order valence-electron chi connectivity index (χ0n) is 6.42. The summed E-state index contributed by atoms with van der Waals surface area (Å²) in [5, 5.41) is 11.9. The third kappa shape index (κ3) is 1.03. The first-order chi connectivity index (χ1) is 5.29. The third-order valence-electron chi connectivity index (χ3n) is 3.01. The Labute approximate surface area is 65.8 Å². The highest BCUT2D eigenvalue weighted by Crippen LogP contribution is 2.37. The highest BCUT2D eigenvalue weighted by Gasteiger charge is 2.42. The van der Waals surface area contributed by atoms with Crippen LogP contribution in [0.2, 0.25) is 0 Å². The van der Waals surface area contributed by atoms with Crippen molar-refractivity contribution in [3.63, 3.8) is 0 Å². The smallest absolute Gasteiger partial charge is 0.320 e. The maximum atomic E-state index is 10.7. The molecule has 62 valence electrons. The van der Waals surface area contributed by atoms with Crippen LogP contribution < -0.4 is 5.32 Å². The second-order valence-electron chi connectivity index (χ2n) is 3.58. The van der Waals surface area contributed by atoms with Crippen molar-refractivity contribution >= 4 is 5.97 Å². The van der Waals surface area contributed by atoms with Crippen molar-refractivity contribution in [1.82, 2.24) is 5.32 Å². The van der Waals surface area contributed by atoms with E-state index in [4.69, 9.17) is 5.11 Å². The van der Waals surface area contributed by atoms with Crippen molar-refractivity contribution in [2.24, 2.45) is 11.8 Å². The van der Waals surface area contributed by atoms with E-state index in [9.17, 15) is 4.79 Å². The first kappa shape index (κ1) is 7.10. The molecule has 1 heterocycles. The minimum absolute atomic E-state index is 0.248. The number of aliphatic carboxylic acids is 1. The van der Waals surface area contributed by atoms with Crippen LogP contribution in [0.4, 0.5) is 0 Å². The van der Waals surface area contributed by atoms with Crippen LogP contribution in [0.5, 0.6) is 0 Å². The maximum Gasteiger partial charge on any atom is 0.320 e. The minimum atomic E-state index is -0.667. The SMILES string of the molecule is O=C(O)[C@@H]1NC[C@@H]2CCC[C@H]21. The average Bonchev–Trinajstić information content (AvgIpc) is 2.41. The summed E-state index contributed by atoms with van der Waals surface area (Å²) < 4.78 is 0. The molecule has 0 radical (unpaired) electrons. The summed E-state index contributed by atoms with van der Waals surface area (Å²) in [5.41, 5.74) is 0. The van der Waals surface area contributed by atoms with E-state index >= 15 is 0 Å². The molecule has 3 nitrogen and oxygen atoms in total. The van der Waals surface area contributed by atoms with E-state index in [1.165, 1.54) is 12.8 Å². The average molecular weight is 155 g/mol. The minimum Gasteiger partial charge on any atom is -0.480 e. The molecule has 1 saturated carbocycles. The van der Waals surface area contributed by atoms with Gasteiger partial charge in [-0.1, -0.05) is 6.42 Å². The quantitative estimate of drug-likeness (QED) is 0.578. The van der Waals surface area contributed by atoms with E-state index < -0.39 is 5.97 Å². The fourth-order valence-corrected chi connectivity index (χ4v) is 2.46. The van der Waals surface area contributed by atoms with Gasteiger partial charge in [-0.15, -0.1) is 0 Å². The highest BCUT2D eigenvalue weighted by atomic mass is 16.4. The van der Waals surface area contributed by atoms with Crippen molar-refractivity contribution in [3.8, 4) is 0 Å². The van der Waals surface area contributed by atoms with Gasteiger partial charge < -0.3 is 10.4 Å². The Kier molecular flexibility index (Phi) is 1.60. The molecule has 11 heavy (non-hydrogen) atoms. The van der Waals surface area contributed by atoms with Gasteiger partial charge in [0.15, 0.2) is 0 Å². The molecular weight excluding hydrogens is 142 g/mol. The van der Waals surface area contributed by atoms with Crippen LogP contribution in [0.1, 0.15) is 19.3 Å². The number of nitrogens with one attached hydrogen (secondary N) is 1. The predicted octanol–water partition coefficient (Wildman–Crippen LogP) is 0.459. The lowest BCUT2D eigenvalue weighted by Gasteiger charge is -2.12. The summed E-state index contributed by atoms with van der Waals surface area (Å²) in [6.45, 7) is 0.918. The van der Waals surface area contributed by atoms with E-state index in [-0.39, 0.29) is 6.04 Å². The van der Waals surface area contributed by atoms with E-state index in [2.05, 4.69) is 5.32 Å². The van der Waals surface area contributed by atoms with Gasteiger partial charge >= 0.3 is 5.97 Å². The number of rotatable bonds is 1. The Hall–Kier alpha value is -0.570. The van der Waals surface area contributed by atoms with Gasteiger partial charge in [-0.05, 0) is 31.2 Å². The molecule has 0 spiro atoms. The van der Waals surface area contributed by atoms with Gasteiger partial charge in [-0.3, -0.25) is 4.79 Å². The number of hydrogen-bond acceptors (Lipinski definition) is 2. The van der Waals surface area contributed by atoms with Gasteiger partial charge in [0.2, 0.25) is 0 Å². The van der Waals surface area contributed by atoms with Crippen molar-refractivity contribution in [2.45, 2.75) is 25.3 Å². The van der Waals surface area contributed by atoms with Crippen LogP contribution in [-0.4, -0.2) is 23.7 Å². The molecule has 2 rings (SSSR count). The Morgan fingerprint density at radius 3 is 3.00 bits per heavy atom. The lowest BCUT2D eigenvalue weighted by Crippen LogP contribution is -2.35. The van der Waals surface area contributed by atoms with Crippen LogP contribution in [0.25, 0.3) is 0 Å². The topological polar surface area (TPSA) is 49.3 Å². The first-order valence-electron chi connectivity index (χ1n) is 4.25. The van der Waals surface area contributed by atoms with Gasteiger partial charge in [0.25, 0.3) is 0 Å². The fourth-order valence-electron chi connectivity index (χ4n) is 2.46. The molecule has 1 aliphatic heterocycles. The van der Waals surface area contributed by atoms with Crippen molar-refractivity contribution in [3.05, 3.63) is 0 Å². The standard InChI is InChI=1S/C8H13NO2/c10-8(11)7-6-3-1-2-5(6)4-9-7/h5-7,9H,1-4H2,(H,10,11)/t5-,6+,7+/m0/s1. The number of fused-ring (bicyclic) bond motifs is 1. The van der Waals surface area contributed by atoms with Crippen LogP contribution in [-0.2, 0) is 4.79 Å². The summed E-state index contributed by atoms with van der Waals surface area (Å²) in [6, 6.07) is -0.248. The first-order valence-corrected chi connectivity index (χ1v) is 4.25. The maximum absolute atomic E-state index is 10.7. The van der Waals surface area contributed by atoms with E-state index in [0.717, 1.165) is 13.0 Å². The van der Waals surface area contributed by atoms with Crippen LogP contribution in [0, 0.1) is 11.8 Å². The predicted molar refractivity (Wildman–Crippen MR) is 40.3 cm³/mol. The summed E-state index contributed by atoms with van der Waals surface area (Å²) in [4.78, 5) is 10.7. The third-order valence-corrected chi connectivity index (χ3v) is 3.01. The van der Waals surface area contributed by atoms with E-state index in [0.29, 0.717) is 11.8 Å². The summed E-state index contributed by atoms with van der Waals surface area (Å²) in [6.07, 6.45) is 3.55. The Bertz CT molecular complexity index is 181. The molecule has 1 aliphatic carbocycles. The van der Waals surface area contributed by atoms with Crippen LogP contribution in [0.3, 0.4) is 0 Å². The monoisotopic (exact) mass is 155 g/mol. The highest BCUT2D eigenvalue weighted by molar-refractivity contribution is 5.74. The molecule has 0 amide bonds. The molecule has 2 aliphatic rings. The molecule has 3 heteroatoms. The molecule has 2 N–H and O–H groups in total. The summed E-state index contributed by atoms with van der Waals surface area (Å²) in [5.74, 6) is 0.406. The van der Waals surface area contributed by atoms with E-state index in [1.807, 2.05) is 0 Å². The number of hydrogen-bond donors (Lipinski definition) is 2. The molecule has 2 fully saturated rings. The van der Waals surface area contributed by atoms with Gasteiger partial charge in [-0.2, -0.15) is 0 Å². The van der Waals surface area contributed by atoms with Gasteiger partial charge in [0.05, 0.1) is 0 Å². The van der Waals surface area contributed by atoms with Crippen molar-refractivity contribution in [2.75, 3.05) is 6.54 Å². The summed E-state index contributed by atoms with van der Waals surface area (Å²) >= 11 is 0. The Balaban J connectivity index is 2.08. The van der Waals surface area contributed by atoms with Gasteiger partial charge in [0, 0.05) is 0 Å². The lowest BCUT2D eigenvalue weighted by molar-refractivity contribution is -0.140. The second-order valence-corrected chi connectivity index (χ2v) is 3.58. The van der Waals surface area contributed by atoms with Crippen molar-refractivity contribution < 1.29 is 9.90 Å². The largest absolute Gasteiger partial charge is 0.480 e. The molecule has 0 aromatic rings. The zero-order chi connectivity index (χ0) is 7.84. The molecule has 0 aromatic carbocycles. The molecule has 0 bridgehead atoms. The Morgan fingerprint density at radius 1 is 1.45 bits per heavy atom. The van der Waals surface area contributed by atoms with Crippen LogP contribution in [0.15, 0.2) is 0 Å². The normalized spacial score (nSPS) is 42.4. The van der Waals surface area contributed by atoms with Crippen molar-refractivity contribution in [1.29, 1.82) is 0 Å². The van der Waals surface area contributed by atoms with Crippen LogP contribution >= 0.6 is 0 Å². The molecule has 0 unspecified atom stereocenters. The van der Waals surface area contributed by atoms with Gasteiger partial charge in [-0.25, -0.2) is 0 Å².